The highest BCUT2D eigenvalue weighted by molar-refractivity contribution is 5.55. The monoisotopic (exact) mass is 244 g/mol. The molecule has 0 spiro atoms. The van der Waals surface area contributed by atoms with E-state index in [1.165, 1.54) is 25.7 Å². The fourth-order valence-corrected chi connectivity index (χ4v) is 2.47. The first-order valence-corrected chi connectivity index (χ1v) is 6.60. The van der Waals surface area contributed by atoms with Crippen LogP contribution in [0, 0.1) is 30.6 Å². The number of aryl methyl sites for hydroxylation is 1. The molecule has 0 aliphatic heterocycles. The van der Waals surface area contributed by atoms with E-state index in [9.17, 15) is 5.26 Å². The van der Waals surface area contributed by atoms with Crippen LogP contribution >= 0.6 is 0 Å². The number of nitrogens with one attached hydrogen (secondary N) is 1. The van der Waals surface area contributed by atoms with Gasteiger partial charge in [-0.1, -0.05) is 13.3 Å². The summed E-state index contributed by atoms with van der Waals surface area (Å²) in [5.74, 6) is 0.639. The minimum Gasteiger partial charge on any atom is -0.367 e. The Morgan fingerprint density at radius 3 is 2.56 bits per heavy atom. The third kappa shape index (κ3) is 2.17. The zero-order chi connectivity index (χ0) is 13.2. The van der Waals surface area contributed by atoms with Crippen LogP contribution in [0.15, 0.2) is 0 Å². The Balaban J connectivity index is 2.15. The van der Waals surface area contributed by atoms with Crippen molar-refractivity contribution in [2.75, 3.05) is 11.9 Å². The van der Waals surface area contributed by atoms with Gasteiger partial charge in [0.2, 0.25) is 0 Å². The van der Waals surface area contributed by atoms with E-state index in [-0.39, 0.29) is 0 Å². The van der Waals surface area contributed by atoms with Gasteiger partial charge in [0, 0.05) is 6.54 Å². The minimum absolute atomic E-state index is 0.410. The predicted molar refractivity (Wildman–Crippen MR) is 71.3 cm³/mol. The lowest BCUT2D eigenvalue weighted by atomic mass is 9.67. The zero-order valence-electron chi connectivity index (χ0n) is 11.4. The highest BCUT2D eigenvalue weighted by Crippen LogP contribution is 2.43. The van der Waals surface area contributed by atoms with Crippen LogP contribution in [0.1, 0.15) is 49.4 Å². The highest BCUT2D eigenvalue weighted by atomic mass is 15.2. The van der Waals surface area contributed by atoms with Gasteiger partial charge in [0.1, 0.15) is 11.6 Å². The van der Waals surface area contributed by atoms with Gasteiger partial charge < -0.3 is 5.32 Å². The van der Waals surface area contributed by atoms with E-state index in [0.717, 1.165) is 17.8 Å². The minimum atomic E-state index is 0.410. The van der Waals surface area contributed by atoms with Crippen molar-refractivity contribution in [1.82, 2.24) is 10.2 Å². The molecular formula is C14H20N4. The van der Waals surface area contributed by atoms with Gasteiger partial charge in [0.05, 0.1) is 5.69 Å². The Hall–Kier alpha value is -1.63. The maximum Gasteiger partial charge on any atom is 0.166 e. The van der Waals surface area contributed by atoms with Crippen LogP contribution in [-0.2, 0) is 0 Å². The number of nitrogens with zero attached hydrogens (tertiary/aromatic N) is 3. The van der Waals surface area contributed by atoms with E-state index in [1.807, 2.05) is 13.8 Å². The van der Waals surface area contributed by atoms with Gasteiger partial charge in [-0.25, -0.2) is 0 Å². The Morgan fingerprint density at radius 1 is 1.33 bits per heavy atom. The van der Waals surface area contributed by atoms with Crippen LogP contribution < -0.4 is 5.32 Å². The van der Waals surface area contributed by atoms with Crippen molar-refractivity contribution in [2.24, 2.45) is 5.41 Å². The summed E-state index contributed by atoms with van der Waals surface area (Å²) in [7, 11) is 0. The summed E-state index contributed by atoms with van der Waals surface area (Å²) in [5, 5.41) is 20.8. The summed E-state index contributed by atoms with van der Waals surface area (Å²) < 4.78 is 0. The summed E-state index contributed by atoms with van der Waals surface area (Å²) in [4.78, 5) is 0. The Labute approximate surface area is 108 Å². The first kappa shape index (κ1) is 12.8. The molecule has 1 fully saturated rings. The summed E-state index contributed by atoms with van der Waals surface area (Å²) >= 11 is 0. The number of anilines is 1. The molecule has 1 aliphatic carbocycles. The molecule has 0 bridgehead atoms. The molecular weight excluding hydrogens is 224 g/mol. The van der Waals surface area contributed by atoms with E-state index < -0.39 is 0 Å². The molecule has 0 amide bonds. The van der Waals surface area contributed by atoms with Crippen molar-refractivity contribution in [2.45, 2.75) is 46.5 Å². The molecule has 18 heavy (non-hydrogen) atoms. The molecule has 1 heterocycles. The van der Waals surface area contributed by atoms with Gasteiger partial charge in [-0.15, -0.1) is 5.10 Å². The fourth-order valence-electron chi connectivity index (χ4n) is 2.47. The first-order chi connectivity index (χ1) is 8.62. The van der Waals surface area contributed by atoms with Crippen molar-refractivity contribution in [1.29, 1.82) is 5.26 Å². The maximum atomic E-state index is 9.22. The van der Waals surface area contributed by atoms with Crippen LogP contribution in [0.2, 0.25) is 0 Å². The molecule has 0 atom stereocenters. The summed E-state index contributed by atoms with van der Waals surface area (Å²) in [5.41, 5.74) is 2.79. The molecule has 0 unspecified atom stereocenters. The first-order valence-electron chi connectivity index (χ1n) is 6.60. The average molecular weight is 244 g/mol. The SMILES string of the molecule is CCC1(CNc2nnc(C)c(C)c2C#N)CCC1. The van der Waals surface area contributed by atoms with Gasteiger partial charge in [0.15, 0.2) is 5.82 Å². The van der Waals surface area contributed by atoms with Crippen LogP contribution in [-0.4, -0.2) is 16.7 Å². The van der Waals surface area contributed by atoms with Gasteiger partial charge in [0.25, 0.3) is 0 Å². The predicted octanol–water partition coefficient (Wildman–Crippen LogP) is 2.96. The van der Waals surface area contributed by atoms with Gasteiger partial charge in [-0.3, -0.25) is 0 Å². The van der Waals surface area contributed by atoms with E-state index >= 15 is 0 Å². The van der Waals surface area contributed by atoms with Crippen LogP contribution in [0.25, 0.3) is 0 Å². The number of hydrogen-bond acceptors (Lipinski definition) is 4. The Bertz CT molecular complexity index is 478. The average Bonchev–Trinajstić information content (AvgIpc) is 2.33. The number of aromatic nitrogens is 2. The van der Waals surface area contributed by atoms with Gasteiger partial charge in [-0.05, 0) is 44.1 Å². The lowest BCUT2D eigenvalue weighted by Crippen LogP contribution is -2.36. The molecule has 0 saturated heterocycles. The van der Waals surface area contributed by atoms with Crippen molar-refractivity contribution in [3.8, 4) is 6.07 Å². The second-order valence-corrected chi connectivity index (χ2v) is 5.31. The molecule has 4 heteroatoms. The van der Waals surface area contributed by atoms with Crippen LogP contribution in [0.5, 0.6) is 0 Å². The molecule has 1 aromatic heterocycles. The second kappa shape index (κ2) is 4.93. The smallest absolute Gasteiger partial charge is 0.166 e. The number of hydrogen-bond donors (Lipinski definition) is 1. The largest absolute Gasteiger partial charge is 0.367 e. The van der Waals surface area contributed by atoms with Crippen molar-refractivity contribution >= 4 is 5.82 Å². The van der Waals surface area contributed by atoms with Gasteiger partial charge in [-0.2, -0.15) is 10.4 Å². The van der Waals surface area contributed by atoms with Gasteiger partial charge >= 0.3 is 0 Å². The lowest BCUT2D eigenvalue weighted by molar-refractivity contribution is 0.145. The molecule has 1 saturated carbocycles. The standard InChI is InChI=1S/C14H20N4/c1-4-14(6-5-7-14)9-16-13-12(8-15)10(2)11(3)17-18-13/h4-7,9H2,1-3H3,(H,16,18). The summed E-state index contributed by atoms with van der Waals surface area (Å²) in [6.07, 6.45) is 5.05. The topological polar surface area (TPSA) is 61.6 Å². The maximum absolute atomic E-state index is 9.22. The molecule has 2 rings (SSSR count). The Morgan fingerprint density at radius 2 is 2.06 bits per heavy atom. The molecule has 4 nitrogen and oxygen atoms in total. The number of rotatable bonds is 4. The Kier molecular flexibility index (Phi) is 3.51. The van der Waals surface area contributed by atoms with E-state index in [2.05, 4.69) is 28.5 Å². The highest BCUT2D eigenvalue weighted by Gasteiger charge is 2.35. The number of nitriles is 1. The van der Waals surface area contributed by atoms with Crippen molar-refractivity contribution in [3.05, 3.63) is 16.8 Å². The molecule has 0 aromatic carbocycles. The van der Waals surface area contributed by atoms with Crippen molar-refractivity contribution < 1.29 is 0 Å². The van der Waals surface area contributed by atoms with Crippen LogP contribution in [0.4, 0.5) is 5.82 Å². The second-order valence-electron chi connectivity index (χ2n) is 5.31. The fraction of sp³-hybridized carbons (Fsp3) is 0.643. The summed E-state index contributed by atoms with van der Waals surface area (Å²) in [6, 6.07) is 2.23. The molecule has 1 N–H and O–H groups in total. The molecule has 96 valence electrons. The molecule has 0 radical (unpaired) electrons. The third-order valence-electron chi connectivity index (χ3n) is 4.36. The van der Waals surface area contributed by atoms with Crippen LogP contribution in [0.3, 0.4) is 0 Å². The molecule has 1 aliphatic rings. The van der Waals surface area contributed by atoms with E-state index in [4.69, 9.17) is 0 Å². The van der Waals surface area contributed by atoms with Crippen molar-refractivity contribution in [3.63, 3.8) is 0 Å². The van der Waals surface area contributed by atoms with E-state index in [1.54, 1.807) is 0 Å². The third-order valence-corrected chi connectivity index (χ3v) is 4.36. The molecule has 1 aromatic rings. The van der Waals surface area contributed by atoms with E-state index in [0.29, 0.717) is 16.8 Å². The zero-order valence-corrected chi connectivity index (χ0v) is 11.4. The quantitative estimate of drug-likeness (QED) is 0.884. The lowest BCUT2D eigenvalue weighted by Gasteiger charge is -2.41. The normalized spacial score (nSPS) is 16.8. The summed E-state index contributed by atoms with van der Waals surface area (Å²) in [6.45, 7) is 6.94.